The summed E-state index contributed by atoms with van der Waals surface area (Å²) in [6.07, 6.45) is 0.860. The Balaban J connectivity index is 1.58. The Labute approximate surface area is 186 Å². The molecule has 5 heteroatoms. The molecule has 1 aromatic heterocycles. The fourth-order valence-corrected chi connectivity index (χ4v) is 5.11. The van der Waals surface area contributed by atoms with Crippen molar-refractivity contribution in [3.63, 3.8) is 0 Å². The topological polar surface area (TPSA) is 46.6 Å². The average Bonchev–Trinajstić information content (AvgIpc) is 3.32. The zero-order chi connectivity index (χ0) is 22.0. The van der Waals surface area contributed by atoms with Gasteiger partial charge in [0.1, 0.15) is 18.1 Å². The molecule has 0 spiro atoms. The predicted molar refractivity (Wildman–Crippen MR) is 125 cm³/mol. The molecule has 1 aliphatic heterocycles. The molecule has 2 heterocycles. The molecule has 1 atom stereocenters. The van der Waals surface area contributed by atoms with E-state index in [2.05, 4.69) is 30.5 Å². The lowest BCUT2D eigenvalue weighted by molar-refractivity contribution is -0.122. The SMILES string of the molecule is C=C=C1c2cccc(OCc3cc4ccccc4s3)c2CN1C(CCC(C)=O)C(C)=O. The highest BCUT2D eigenvalue weighted by Crippen LogP contribution is 2.40. The molecule has 0 bridgehead atoms. The quantitative estimate of drug-likeness (QED) is 0.426. The number of fused-ring (bicyclic) bond motifs is 2. The monoisotopic (exact) mass is 431 g/mol. The predicted octanol–water partition coefficient (Wildman–Crippen LogP) is 5.75. The number of nitrogens with zero attached hydrogens (tertiary/aromatic N) is 1. The van der Waals surface area contributed by atoms with Crippen LogP contribution < -0.4 is 4.74 Å². The number of carbonyl (C=O) groups excluding carboxylic acids is 2. The molecule has 0 radical (unpaired) electrons. The van der Waals surface area contributed by atoms with Gasteiger partial charge in [-0.25, -0.2) is 0 Å². The molecule has 0 amide bonds. The second-order valence-electron chi connectivity index (χ2n) is 7.84. The smallest absolute Gasteiger partial charge is 0.152 e. The van der Waals surface area contributed by atoms with Crippen LogP contribution in [0.4, 0.5) is 0 Å². The number of carbonyl (C=O) groups is 2. The van der Waals surface area contributed by atoms with Crippen LogP contribution in [-0.2, 0) is 22.7 Å². The van der Waals surface area contributed by atoms with E-state index >= 15 is 0 Å². The normalized spacial score (nSPS) is 13.7. The molecule has 158 valence electrons. The van der Waals surface area contributed by atoms with Gasteiger partial charge in [0.15, 0.2) is 5.78 Å². The van der Waals surface area contributed by atoms with Crippen LogP contribution in [-0.4, -0.2) is 22.5 Å². The summed E-state index contributed by atoms with van der Waals surface area (Å²) < 4.78 is 7.47. The molecule has 1 unspecified atom stereocenters. The summed E-state index contributed by atoms with van der Waals surface area (Å²) in [6, 6.07) is 16.0. The van der Waals surface area contributed by atoms with E-state index in [1.54, 1.807) is 25.2 Å². The van der Waals surface area contributed by atoms with E-state index in [0.717, 1.165) is 27.5 Å². The number of hydrogen-bond donors (Lipinski definition) is 0. The Morgan fingerprint density at radius 2 is 2.00 bits per heavy atom. The average molecular weight is 432 g/mol. The summed E-state index contributed by atoms with van der Waals surface area (Å²) in [5.41, 5.74) is 5.83. The van der Waals surface area contributed by atoms with Crippen LogP contribution in [0, 0.1) is 0 Å². The zero-order valence-corrected chi connectivity index (χ0v) is 18.6. The molecule has 0 N–H and O–H groups in total. The Morgan fingerprint density at radius 3 is 2.71 bits per heavy atom. The highest BCUT2D eigenvalue weighted by molar-refractivity contribution is 7.19. The lowest BCUT2D eigenvalue weighted by Crippen LogP contribution is -2.36. The summed E-state index contributed by atoms with van der Waals surface area (Å²) in [5.74, 6) is 0.924. The third kappa shape index (κ3) is 4.34. The molecule has 0 aliphatic carbocycles. The van der Waals surface area contributed by atoms with Gasteiger partial charge in [-0.2, -0.15) is 0 Å². The largest absolute Gasteiger partial charge is 0.488 e. The first-order chi connectivity index (χ1) is 15.0. The third-order valence-electron chi connectivity index (χ3n) is 5.63. The van der Waals surface area contributed by atoms with Crippen LogP contribution in [0.1, 0.15) is 42.7 Å². The van der Waals surface area contributed by atoms with Crippen LogP contribution in [0.25, 0.3) is 15.8 Å². The first-order valence-corrected chi connectivity index (χ1v) is 11.2. The summed E-state index contributed by atoms with van der Waals surface area (Å²) in [4.78, 5) is 27.1. The molecule has 1 aliphatic rings. The van der Waals surface area contributed by atoms with E-state index in [4.69, 9.17) is 4.74 Å². The van der Waals surface area contributed by atoms with Crippen molar-refractivity contribution in [2.24, 2.45) is 0 Å². The van der Waals surface area contributed by atoms with Gasteiger partial charge in [-0.3, -0.25) is 4.79 Å². The maximum Gasteiger partial charge on any atom is 0.152 e. The van der Waals surface area contributed by atoms with Crippen LogP contribution in [0.15, 0.2) is 60.8 Å². The minimum Gasteiger partial charge on any atom is -0.488 e. The lowest BCUT2D eigenvalue weighted by Gasteiger charge is -2.28. The van der Waals surface area contributed by atoms with Crippen molar-refractivity contribution in [3.8, 4) is 5.75 Å². The van der Waals surface area contributed by atoms with Crippen molar-refractivity contribution in [3.05, 3.63) is 76.8 Å². The zero-order valence-electron chi connectivity index (χ0n) is 17.8. The van der Waals surface area contributed by atoms with Gasteiger partial charge in [0.2, 0.25) is 0 Å². The van der Waals surface area contributed by atoms with E-state index < -0.39 is 0 Å². The summed E-state index contributed by atoms with van der Waals surface area (Å²) in [7, 11) is 0. The van der Waals surface area contributed by atoms with Gasteiger partial charge in [0.05, 0.1) is 11.7 Å². The molecule has 4 rings (SSSR count). The van der Waals surface area contributed by atoms with Crippen molar-refractivity contribution < 1.29 is 14.3 Å². The highest BCUT2D eigenvalue weighted by Gasteiger charge is 2.33. The van der Waals surface area contributed by atoms with Crippen LogP contribution in [0.5, 0.6) is 5.75 Å². The van der Waals surface area contributed by atoms with Crippen LogP contribution in [0.3, 0.4) is 0 Å². The van der Waals surface area contributed by atoms with E-state index in [1.165, 1.54) is 10.1 Å². The Morgan fingerprint density at radius 1 is 1.19 bits per heavy atom. The molecule has 0 fully saturated rings. The second-order valence-corrected chi connectivity index (χ2v) is 9.01. The Kier molecular flexibility index (Phi) is 6.08. The minimum absolute atomic E-state index is 0.0366. The number of rotatable bonds is 8. The number of thiophene rings is 1. The molecule has 0 saturated heterocycles. The Bertz CT molecular complexity index is 1170. The summed E-state index contributed by atoms with van der Waals surface area (Å²) in [5, 5.41) is 1.22. The number of Topliss-reactive ketones (excluding diaryl/α,β-unsaturated/α-hetero) is 2. The molecule has 3 aromatic rings. The third-order valence-corrected chi connectivity index (χ3v) is 6.72. The van der Waals surface area contributed by atoms with Gasteiger partial charge >= 0.3 is 0 Å². The summed E-state index contributed by atoms with van der Waals surface area (Å²) in [6.45, 7) is 8.02. The van der Waals surface area contributed by atoms with Gasteiger partial charge in [0.25, 0.3) is 0 Å². The number of hydrogen-bond acceptors (Lipinski definition) is 5. The van der Waals surface area contributed by atoms with E-state index in [1.807, 2.05) is 35.2 Å². The fraction of sp³-hybridized carbons (Fsp3) is 0.269. The van der Waals surface area contributed by atoms with Gasteiger partial charge in [0, 0.05) is 33.7 Å². The molecule has 31 heavy (non-hydrogen) atoms. The Hall–Kier alpha value is -3.14. The maximum atomic E-state index is 12.4. The van der Waals surface area contributed by atoms with Crippen LogP contribution >= 0.6 is 11.3 Å². The van der Waals surface area contributed by atoms with Gasteiger partial charge in [-0.1, -0.05) is 36.9 Å². The fourth-order valence-electron chi connectivity index (χ4n) is 4.13. The standard InChI is InChI=1S/C26H25NO3S/c1-4-23-21-9-7-10-25(30-16-20-14-19-8-5-6-11-26(19)31-20)22(21)15-27(23)24(18(3)29)13-12-17(2)28/h5-11,14,24H,1,12-13,15-16H2,2-3H3. The maximum absolute atomic E-state index is 12.4. The molecular weight excluding hydrogens is 406 g/mol. The summed E-state index contributed by atoms with van der Waals surface area (Å²) >= 11 is 1.73. The van der Waals surface area contributed by atoms with Crippen molar-refractivity contribution in [1.82, 2.24) is 4.90 Å². The first-order valence-electron chi connectivity index (χ1n) is 10.4. The van der Waals surface area contributed by atoms with Gasteiger partial charge in [-0.05, 0) is 43.9 Å². The number of ketones is 2. The highest BCUT2D eigenvalue weighted by atomic mass is 32.1. The van der Waals surface area contributed by atoms with Crippen molar-refractivity contribution in [2.45, 2.75) is 45.9 Å². The van der Waals surface area contributed by atoms with E-state index in [9.17, 15) is 9.59 Å². The number of ether oxygens (including phenoxy) is 1. The van der Waals surface area contributed by atoms with Crippen molar-refractivity contribution in [1.29, 1.82) is 0 Å². The van der Waals surface area contributed by atoms with Crippen LogP contribution in [0.2, 0.25) is 0 Å². The molecular formula is C26H25NO3S. The first kappa shape index (κ1) is 21.1. The molecule has 2 aromatic carbocycles. The van der Waals surface area contributed by atoms with Crippen molar-refractivity contribution >= 4 is 38.7 Å². The van der Waals surface area contributed by atoms with Crippen molar-refractivity contribution in [2.75, 3.05) is 0 Å². The number of benzene rings is 2. The van der Waals surface area contributed by atoms with Gasteiger partial charge < -0.3 is 14.4 Å². The molecule has 0 saturated carbocycles. The van der Waals surface area contributed by atoms with E-state index in [0.29, 0.717) is 26.0 Å². The minimum atomic E-state index is -0.379. The molecule has 4 nitrogen and oxygen atoms in total. The van der Waals surface area contributed by atoms with E-state index in [-0.39, 0.29) is 17.6 Å². The second kappa shape index (κ2) is 8.93. The van der Waals surface area contributed by atoms with Gasteiger partial charge in [-0.15, -0.1) is 17.1 Å². The lowest BCUT2D eigenvalue weighted by atomic mass is 10.0.